The van der Waals surface area contributed by atoms with E-state index in [4.69, 9.17) is 13.9 Å². The van der Waals surface area contributed by atoms with Gasteiger partial charge in [-0.3, -0.25) is 14.5 Å². The predicted octanol–water partition coefficient (Wildman–Crippen LogP) is 5.70. The third-order valence-corrected chi connectivity index (χ3v) is 11.4. The van der Waals surface area contributed by atoms with Gasteiger partial charge in [-0.1, -0.05) is 33.6 Å². The summed E-state index contributed by atoms with van der Waals surface area (Å²) in [6, 6.07) is 10.5. The maximum absolute atomic E-state index is 15.1. The average Bonchev–Trinajstić information content (AvgIpc) is 2.81. The van der Waals surface area contributed by atoms with Crippen molar-refractivity contribution in [3.8, 4) is 0 Å². The average molecular weight is 661 g/mol. The summed E-state index contributed by atoms with van der Waals surface area (Å²) in [5.41, 5.74) is -1.15. The molecule has 1 heterocycles. The number of aryl methyl sites for hydroxylation is 1. The first kappa shape index (κ1) is 32.2. The van der Waals surface area contributed by atoms with Crippen molar-refractivity contribution in [2.75, 3.05) is 18.9 Å². The lowest BCUT2D eigenvalue weighted by molar-refractivity contribution is 0.0560. The second kappa shape index (κ2) is 11.5. The molecule has 3 rings (SSSR count). The summed E-state index contributed by atoms with van der Waals surface area (Å²) in [7, 11) is -7.37. The maximum Gasteiger partial charge on any atom is 0.413 e. The number of carbonyl (C=O) groups is 1. The molecule has 0 aromatic heterocycles. The zero-order valence-electron chi connectivity index (χ0n) is 23.6. The van der Waals surface area contributed by atoms with Gasteiger partial charge in [0.2, 0.25) is 0 Å². The molecule has 0 spiro atoms. The number of nitrogens with zero attached hydrogens (tertiary/aromatic N) is 2. The Morgan fingerprint density at radius 2 is 1.80 bits per heavy atom. The monoisotopic (exact) mass is 659 g/mol. The molecule has 2 aromatic carbocycles. The number of rotatable bonds is 6. The molecule has 0 radical (unpaired) electrons. The minimum Gasteiger partial charge on any atom is -0.444 e. The first-order valence-corrected chi connectivity index (χ1v) is 16.4. The molecule has 13 heteroatoms. The summed E-state index contributed by atoms with van der Waals surface area (Å²) in [5, 5.41) is 2.61. The Morgan fingerprint density at radius 3 is 2.40 bits per heavy atom. The van der Waals surface area contributed by atoms with Crippen LogP contribution in [0.4, 0.5) is 9.18 Å². The van der Waals surface area contributed by atoms with Gasteiger partial charge in [-0.2, -0.15) is 8.42 Å². The van der Waals surface area contributed by atoms with Crippen LogP contribution in [0.5, 0.6) is 0 Å². The summed E-state index contributed by atoms with van der Waals surface area (Å²) < 4.78 is 69.0. The van der Waals surface area contributed by atoms with Crippen molar-refractivity contribution in [1.29, 1.82) is 0 Å². The highest BCUT2D eigenvalue weighted by Gasteiger charge is 2.49. The molecular formula is C27H35BrFN3O6S2. The number of ether oxygens (including phenoxy) is 1. The molecule has 0 saturated carbocycles. The minimum absolute atomic E-state index is 0.00559. The van der Waals surface area contributed by atoms with Crippen LogP contribution in [0.25, 0.3) is 0 Å². The summed E-state index contributed by atoms with van der Waals surface area (Å²) >= 11 is 3.35. The van der Waals surface area contributed by atoms with Gasteiger partial charge in [-0.25, -0.2) is 17.8 Å². The standard InChI is InChI=1S/C27H35BrFN3O6S2/c1-18-8-11-20(12-9-18)40(35,36)37-15-14-30-39(34)17-27(7,21-16-19(28)10-13-22(21)29)32-23(26(39,5)6)31-24(33)38-25(2,3)4/h8-13,16H,14-15,17H2,1-7H3,(H,31,32,33)/t27-,39+/m0/s1. The molecule has 2 atom stereocenters. The zero-order valence-corrected chi connectivity index (χ0v) is 26.8. The minimum atomic E-state index is -4.05. The van der Waals surface area contributed by atoms with Crippen molar-refractivity contribution in [3.63, 3.8) is 0 Å². The number of halogens is 2. The van der Waals surface area contributed by atoms with Gasteiger partial charge in [0.25, 0.3) is 10.1 Å². The Bertz CT molecular complexity index is 1540. The number of aliphatic imine (C=N–C) groups is 1. The highest BCUT2D eigenvalue weighted by atomic mass is 79.9. The van der Waals surface area contributed by atoms with Gasteiger partial charge in [-0.05, 0) is 78.8 Å². The number of hydrogen-bond acceptors (Lipinski definition) is 8. The molecule has 1 aliphatic rings. The van der Waals surface area contributed by atoms with Gasteiger partial charge in [0.1, 0.15) is 27.5 Å². The lowest BCUT2D eigenvalue weighted by atomic mass is 9.93. The molecule has 9 nitrogen and oxygen atoms in total. The number of carbonyl (C=O) groups excluding carboxylic acids is 1. The predicted molar refractivity (Wildman–Crippen MR) is 157 cm³/mol. The van der Waals surface area contributed by atoms with Crippen molar-refractivity contribution < 1.29 is 30.7 Å². The SMILES string of the molecule is Cc1ccc(S(=O)(=O)OCCN=[S@@]2(=O)C[C@@](C)(c3cc(Br)ccc3F)N=C(NC(=O)OC(C)(C)C)C2(C)C)cc1. The van der Waals surface area contributed by atoms with Gasteiger partial charge in [0.15, 0.2) is 0 Å². The van der Waals surface area contributed by atoms with Gasteiger partial charge in [0.05, 0.1) is 33.5 Å². The van der Waals surface area contributed by atoms with E-state index in [1.54, 1.807) is 59.7 Å². The van der Waals surface area contributed by atoms with Crippen LogP contribution in [-0.4, -0.2) is 53.8 Å². The Kier molecular flexibility index (Phi) is 9.25. The van der Waals surface area contributed by atoms with E-state index in [2.05, 4.69) is 25.6 Å². The molecule has 0 bridgehead atoms. The lowest BCUT2D eigenvalue weighted by Gasteiger charge is -2.42. The van der Waals surface area contributed by atoms with Crippen molar-refractivity contribution in [2.24, 2.45) is 9.36 Å². The highest BCUT2D eigenvalue weighted by Crippen LogP contribution is 2.40. The van der Waals surface area contributed by atoms with E-state index in [0.717, 1.165) is 5.56 Å². The van der Waals surface area contributed by atoms with Crippen LogP contribution in [-0.2, 0) is 34.3 Å². The van der Waals surface area contributed by atoms with Crippen molar-refractivity contribution >= 4 is 47.7 Å². The first-order chi connectivity index (χ1) is 18.3. The molecular weight excluding hydrogens is 625 g/mol. The van der Waals surface area contributed by atoms with Crippen molar-refractivity contribution in [3.05, 3.63) is 63.9 Å². The van der Waals surface area contributed by atoms with Crippen LogP contribution in [0.15, 0.2) is 61.2 Å². The number of amidine groups is 1. The molecule has 0 unspecified atom stereocenters. The molecule has 220 valence electrons. The second-order valence-electron chi connectivity index (χ2n) is 11.2. The summed E-state index contributed by atoms with van der Waals surface area (Å²) in [4.78, 5) is 17.4. The fourth-order valence-electron chi connectivity index (χ4n) is 4.06. The van der Waals surface area contributed by atoms with Crippen LogP contribution < -0.4 is 5.32 Å². The fourth-order valence-corrected chi connectivity index (χ4v) is 7.85. The molecule has 2 aromatic rings. The van der Waals surface area contributed by atoms with Crippen LogP contribution >= 0.6 is 15.9 Å². The van der Waals surface area contributed by atoms with E-state index in [1.807, 2.05) is 6.92 Å². The number of amides is 1. The third kappa shape index (κ3) is 7.29. The molecule has 0 fully saturated rings. The summed E-state index contributed by atoms with van der Waals surface area (Å²) in [5.74, 6) is -0.748. The number of alkyl carbamates (subject to hydrolysis) is 1. The Hall–Kier alpha value is -2.35. The third-order valence-electron chi connectivity index (χ3n) is 6.27. The van der Waals surface area contributed by atoms with Crippen molar-refractivity contribution in [2.45, 2.75) is 69.2 Å². The zero-order chi connectivity index (χ0) is 30.1. The number of benzene rings is 2. The molecule has 0 aliphatic carbocycles. The normalized spacial score (nSPS) is 22.8. The van der Waals surface area contributed by atoms with Crippen LogP contribution in [0.3, 0.4) is 0 Å². The Morgan fingerprint density at radius 1 is 1.18 bits per heavy atom. The smallest absolute Gasteiger partial charge is 0.413 e. The quantitative estimate of drug-likeness (QED) is 0.313. The molecule has 1 amide bonds. The van der Waals surface area contributed by atoms with E-state index in [-0.39, 0.29) is 35.2 Å². The maximum atomic E-state index is 15.1. The van der Waals surface area contributed by atoms with E-state index in [9.17, 15) is 17.4 Å². The summed E-state index contributed by atoms with van der Waals surface area (Å²) in [6.07, 6.45) is -0.812. The number of nitrogens with one attached hydrogen (secondary N) is 1. The van der Waals surface area contributed by atoms with Crippen LogP contribution in [0, 0.1) is 12.7 Å². The van der Waals surface area contributed by atoms with E-state index < -0.39 is 47.6 Å². The molecule has 40 heavy (non-hydrogen) atoms. The van der Waals surface area contributed by atoms with Gasteiger partial charge in [-0.15, -0.1) is 0 Å². The van der Waals surface area contributed by atoms with Crippen LogP contribution in [0.1, 0.15) is 52.7 Å². The topological polar surface area (TPSA) is 123 Å². The van der Waals surface area contributed by atoms with Gasteiger partial charge in [0, 0.05) is 10.0 Å². The van der Waals surface area contributed by atoms with Crippen LogP contribution in [0.2, 0.25) is 0 Å². The lowest BCUT2D eigenvalue weighted by Crippen LogP contribution is -2.58. The first-order valence-electron chi connectivity index (χ1n) is 12.5. The van der Waals surface area contributed by atoms with Gasteiger partial charge < -0.3 is 4.74 Å². The van der Waals surface area contributed by atoms with Gasteiger partial charge >= 0.3 is 6.09 Å². The highest BCUT2D eigenvalue weighted by molar-refractivity contribution is 9.10. The Balaban J connectivity index is 1.99. The van der Waals surface area contributed by atoms with E-state index >= 15 is 4.39 Å². The second-order valence-corrected chi connectivity index (χ2v) is 16.6. The van der Waals surface area contributed by atoms with E-state index in [0.29, 0.717) is 4.47 Å². The summed E-state index contributed by atoms with van der Waals surface area (Å²) in [6.45, 7) is 11.2. The Labute approximate surface area is 244 Å². The largest absolute Gasteiger partial charge is 0.444 e. The molecule has 1 N–H and O–H groups in total. The molecule has 0 saturated heterocycles. The number of hydrogen-bond donors (Lipinski definition) is 1. The fraction of sp³-hybridized carbons (Fsp3) is 0.481. The van der Waals surface area contributed by atoms with E-state index in [1.165, 1.54) is 24.3 Å². The molecule has 1 aliphatic heterocycles. The van der Waals surface area contributed by atoms with Crippen molar-refractivity contribution in [1.82, 2.24) is 5.32 Å².